The highest BCUT2D eigenvalue weighted by Gasteiger charge is 2.38. The number of hydrogen-bond donors (Lipinski definition) is 1. The van der Waals surface area contributed by atoms with Crippen LogP contribution in [0.4, 0.5) is 0 Å². The highest BCUT2D eigenvalue weighted by Crippen LogP contribution is 2.31. The van der Waals surface area contributed by atoms with Crippen LogP contribution in [0.5, 0.6) is 0 Å². The highest BCUT2D eigenvalue weighted by atomic mass is 16.5. The van der Waals surface area contributed by atoms with Gasteiger partial charge in [0.05, 0.1) is 12.7 Å². The second kappa shape index (κ2) is 6.98. The third kappa shape index (κ3) is 3.64. The lowest BCUT2D eigenvalue weighted by Gasteiger charge is -2.37. The molecule has 0 aliphatic carbocycles. The number of aromatic nitrogens is 5. The largest absolute Gasteiger partial charge is 0.382 e. The van der Waals surface area contributed by atoms with Gasteiger partial charge < -0.3 is 9.63 Å². The predicted molar refractivity (Wildman–Crippen MR) is 87.1 cm³/mol. The van der Waals surface area contributed by atoms with E-state index < -0.39 is 5.60 Å². The van der Waals surface area contributed by atoms with Crippen LogP contribution in [0.15, 0.2) is 10.7 Å². The Hall–Kier alpha value is -1.80. The van der Waals surface area contributed by atoms with Crippen molar-refractivity contribution in [2.45, 2.75) is 64.6 Å². The van der Waals surface area contributed by atoms with E-state index in [1.807, 2.05) is 20.0 Å². The third-order valence-corrected chi connectivity index (χ3v) is 4.41. The van der Waals surface area contributed by atoms with E-state index in [0.29, 0.717) is 31.1 Å². The van der Waals surface area contributed by atoms with Gasteiger partial charge in [0.15, 0.2) is 5.82 Å². The summed E-state index contributed by atoms with van der Waals surface area (Å²) in [6, 6.07) is 0.227. The molecule has 1 unspecified atom stereocenters. The number of likely N-dealkylation sites (tertiary alicyclic amines) is 1. The molecule has 3 rings (SSSR count). The number of β-amino-alcohol motifs (C(OH)–C–C–N with tert-alkyl or cyclic N) is 1. The normalized spacial score (nSPS) is 22.4. The van der Waals surface area contributed by atoms with E-state index in [1.165, 1.54) is 0 Å². The summed E-state index contributed by atoms with van der Waals surface area (Å²) < 4.78 is 7.09. The van der Waals surface area contributed by atoms with Crippen molar-refractivity contribution in [3.63, 3.8) is 0 Å². The molecule has 8 heteroatoms. The van der Waals surface area contributed by atoms with Crippen molar-refractivity contribution in [3.05, 3.63) is 23.6 Å². The molecule has 1 saturated heterocycles. The molecule has 1 aliphatic heterocycles. The lowest BCUT2D eigenvalue weighted by atomic mass is 9.90. The summed E-state index contributed by atoms with van der Waals surface area (Å²) in [7, 11) is 0. The minimum absolute atomic E-state index is 0.227. The summed E-state index contributed by atoms with van der Waals surface area (Å²) >= 11 is 0. The summed E-state index contributed by atoms with van der Waals surface area (Å²) in [5, 5.41) is 23.3. The maximum atomic E-state index is 11.1. The quantitative estimate of drug-likeness (QED) is 0.859. The van der Waals surface area contributed by atoms with Crippen molar-refractivity contribution in [1.29, 1.82) is 0 Å². The van der Waals surface area contributed by atoms with Gasteiger partial charge in [0, 0.05) is 19.0 Å². The van der Waals surface area contributed by atoms with Crippen molar-refractivity contribution in [2.75, 3.05) is 13.1 Å². The molecule has 1 fully saturated rings. The zero-order valence-corrected chi connectivity index (χ0v) is 14.6. The molecule has 2 aromatic rings. The first-order chi connectivity index (χ1) is 11.5. The van der Waals surface area contributed by atoms with Crippen LogP contribution >= 0.6 is 0 Å². The second-order valence-electron chi connectivity index (χ2n) is 6.88. The first-order valence-electron chi connectivity index (χ1n) is 8.68. The van der Waals surface area contributed by atoms with Crippen LogP contribution in [0.25, 0.3) is 0 Å². The van der Waals surface area contributed by atoms with Crippen LogP contribution in [-0.4, -0.2) is 48.2 Å². The van der Waals surface area contributed by atoms with Gasteiger partial charge in [-0.2, -0.15) is 4.98 Å². The zero-order valence-electron chi connectivity index (χ0n) is 14.6. The molecule has 0 aromatic carbocycles. The summed E-state index contributed by atoms with van der Waals surface area (Å²) in [4.78, 5) is 6.55. The molecule has 0 bridgehead atoms. The molecule has 0 amide bonds. The Morgan fingerprint density at radius 1 is 1.42 bits per heavy atom. The maximum absolute atomic E-state index is 11.1. The van der Waals surface area contributed by atoms with Gasteiger partial charge in [0.2, 0.25) is 5.89 Å². The van der Waals surface area contributed by atoms with Gasteiger partial charge in [0.25, 0.3) is 0 Å². The van der Waals surface area contributed by atoms with Crippen LogP contribution in [0.3, 0.4) is 0 Å². The molecule has 0 radical (unpaired) electrons. The summed E-state index contributed by atoms with van der Waals surface area (Å²) in [6.07, 6.45) is 5.24. The minimum atomic E-state index is -0.975. The van der Waals surface area contributed by atoms with Gasteiger partial charge in [-0.3, -0.25) is 4.90 Å². The van der Waals surface area contributed by atoms with E-state index in [1.54, 1.807) is 4.68 Å². The van der Waals surface area contributed by atoms with E-state index >= 15 is 0 Å². The molecule has 1 N–H and O–H groups in total. The van der Waals surface area contributed by atoms with Gasteiger partial charge in [-0.25, -0.2) is 4.68 Å². The van der Waals surface area contributed by atoms with Gasteiger partial charge in [0.1, 0.15) is 11.3 Å². The van der Waals surface area contributed by atoms with Crippen molar-refractivity contribution in [1.82, 2.24) is 30.0 Å². The first-order valence-corrected chi connectivity index (χ1v) is 8.68. The van der Waals surface area contributed by atoms with Crippen molar-refractivity contribution in [3.8, 4) is 0 Å². The molecule has 132 valence electrons. The molecule has 24 heavy (non-hydrogen) atoms. The number of aliphatic hydroxyl groups is 1. The van der Waals surface area contributed by atoms with Crippen LogP contribution < -0.4 is 0 Å². The van der Waals surface area contributed by atoms with Gasteiger partial charge >= 0.3 is 0 Å². The van der Waals surface area contributed by atoms with E-state index in [9.17, 15) is 5.11 Å². The van der Waals surface area contributed by atoms with Crippen LogP contribution in [0.2, 0.25) is 0 Å². The Morgan fingerprint density at radius 2 is 2.25 bits per heavy atom. The van der Waals surface area contributed by atoms with E-state index in [2.05, 4.69) is 32.3 Å². The topological polar surface area (TPSA) is 93.1 Å². The smallest absolute Gasteiger partial charge is 0.240 e. The van der Waals surface area contributed by atoms with Crippen LogP contribution in [0, 0.1) is 0 Å². The Bertz CT molecular complexity index is 667. The van der Waals surface area contributed by atoms with E-state index in [-0.39, 0.29) is 6.04 Å². The van der Waals surface area contributed by atoms with Crippen molar-refractivity contribution in [2.24, 2.45) is 0 Å². The monoisotopic (exact) mass is 334 g/mol. The zero-order chi connectivity index (χ0) is 17.2. The molecule has 1 atom stereocenters. The number of rotatable bonds is 6. The molecular weight excluding hydrogens is 308 g/mol. The van der Waals surface area contributed by atoms with Crippen molar-refractivity contribution >= 4 is 0 Å². The fraction of sp³-hybridized carbons (Fsp3) is 0.750. The maximum Gasteiger partial charge on any atom is 0.240 e. The average molecular weight is 334 g/mol. The Labute approximate surface area is 141 Å². The summed E-state index contributed by atoms with van der Waals surface area (Å²) in [5.74, 6) is 1.35. The average Bonchev–Trinajstić information content (AvgIpc) is 3.17. The lowest BCUT2D eigenvalue weighted by Crippen LogP contribution is -2.46. The van der Waals surface area contributed by atoms with E-state index in [0.717, 1.165) is 31.6 Å². The Morgan fingerprint density at radius 3 is 2.96 bits per heavy atom. The molecule has 8 nitrogen and oxygen atoms in total. The summed E-state index contributed by atoms with van der Waals surface area (Å²) in [5.41, 5.74) is -0.337. The predicted octanol–water partition coefficient (Wildman–Crippen LogP) is 1.68. The van der Waals surface area contributed by atoms with E-state index in [4.69, 9.17) is 4.52 Å². The lowest BCUT2D eigenvalue weighted by molar-refractivity contribution is -0.0436. The standard InChI is InChI=1S/C16H26N6O2/c1-4-6-14-17-15(24-19-14)10-21-8-5-7-16(23,11-21)13-9-22(12(2)3)20-18-13/h9,12,23H,4-8,10-11H2,1-3H3. The molecule has 2 aromatic heterocycles. The Balaban J connectivity index is 1.68. The fourth-order valence-corrected chi connectivity index (χ4v) is 3.08. The van der Waals surface area contributed by atoms with Gasteiger partial charge in [-0.15, -0.1) is 5.10 Å². The fourth-order valence-electron chi connectivity index (χ4n) is 3.08. The number of aryl methyl sites for hydroxylation is 1. The van der Waals surface area contributed by atoms with Gasteiger partial charge in [-0.05, 0) is 39.7 Å². The van der Waals surface area contributed by atoms with Crippen LogP contribution in [0.1, 0.15) is 63.5 Å². The molecule has 0 spiro atoms. The molecule has 0 saturated carbocycles. The molecule has 1 aliphatic rings. The number of nitrogens with zero attached hydrogens (tertiary/aromatic N) is 6. The highest BCUT2D eigenvalue weighted by molar-refractivity contribution is 5.10. The second-order valence-corrected chi connectivity index (χ2v) is 6.88. The number of hydrogen-bond acceptors (Lipinski definition) is 7. The van der Waals surface area contributed by atoms with Crippen LogP contribution in [-0.2, 0) is 18.6 Å². The van der Waals surface area contributed by atoms with Gasteiger partial charge in [-0.1, -0.05) is 17.3 Å². The first kappa shape index (κ1) is 17.0. The Kier molecular flexibility index (Phi) is 4.96. The SMILES string of the molecule is CCCc1noc(CN2CCCC(O)(c3cn(C(C)C)nn3)C2)n1. The molecular formula is C16H26N6O2. The summed E-state index contributed by atoms with van der Waals surface area (Å²) in [6.45, 7) is 8.11. The van der Waals surface area contributed by atoms with Crippen molar-refractivity contribution < 1.29 is 9.63 Å². The third-order valence-electron chi connectivity index (χ3n) is 4.41. The number of piperidine rings is 1. The molecule has 3 heterocycles. The minimum Gasteiger partial charge on any atom is -0.382 e.